The van der Waals surface area contributed by atoms with Crippen LogP contribution in [0.4, 0.5) is 0 Å². The van der Waals surface area contributed by atoms with E-state index in [-0.39, 0.29) is 71.6 Å². The van der Waals surface area contributed by atoms with E-state index in [9.17, 15) is 0 Å². The molecule has 0 fully saturated rings. The molecule has 0 aromatic rings. The zero-order chi connectivity index (χ0) is 7.15. The molecule has 0 bridgehead atoms. The van der Waals surface area contributed by atoms with Gasteiger partial charge in [0, 0.05) is 13.8 Å². The van der Waals surface area contributed by atoms with Crippen LogP contribution in [0.1, 0.15) is 13.8 Å². The summed E-state index contributed by atoms with van der Waals surface area (Å²) in [6.07, 6.45) is 0. The molecule has 2 N–H and O–H groups in total. The summed E-state index contributed by atoms with van der Waals surface area (Å²) in [7, 11) is 0. The Kier molecular flexibility index (Phi) is 60.3. The van der Waals surface area contributed by atoms with E-state index < -0.39 is 11.9 Å². The number of hydrogen-bond donors (Lipinski definition) is 2. The summed E-state index contributed by atoms with van der Waals surface area (Å²) in [6, 6.07) is 0. The van der Waals surface area contributed by atoms with Crippen molar-refractivity contribution in [2.24, 2.45) is 0 Å². The first-order valence-corrected chi connectivity index (χ1v) is 1.86. The number of carbonyl (C=O) groups is 2. The van der Waals surface area contributed by atoms with Gasteiger partial charge in [0.15, 0.2) is 0 Å². The maximum Gasteiger partial charge on any atom is 2.00 e. The van der Waals surface area contributed by atoms with E-state index in [0.29, 0.717) is 0 Å². The van der Waals surface area contributed by atoms with E-state index in [1.165, 1.54) is 0 Å². The van der Waals surface area contributed by atoms with Gasteiger partial charge >= 0.3 is 71.6 Å². The summed E-state index contributed by atoms with van der Waals surface area (Å²) < 4.78 is 0. The number of carboxylic acids is 2. The van der Waals surface area contributed by atoms with Crippen LogP contribution < -0.4 is 48.0 Å². The van der Waals surface area contributed by atoms with Crippen LogP contribution in [0.5, 0.6) is 0 Å². The van der Waals surface area contributed by atoms with Gasteiger partial charge in [-0.05, 0) is 0 Å². The molecule has 0 spiro atoms. The zero-order valence-corrected chi connectivity index (χ0v) is 12.5. The molecule has 0 amide bonds. The van der Waals surface area contributed by atoms with E-state index in [2.05, 4.69) is 0 Å². The smallest absolute Gasteiger partial charge is 0.481 e. The van der Waals surface area contributed by atoms with Gasteiger partial charge in [-0.1, -0.05) is 0 Å². The molecule has 0 saturated heterocycles. The molecule has 0 aliphatic carbocycles. The SMILES string of the molecule is CC(=O)O.CC(=O)O.[I+].[I+].[Te+2]. The third-order valence-electron chi connectivity index (χ3n) is 0. The largest absolute Gasteiger partial charge is 2.00 e. The van der Waals surface area contributed by atoms with Crippen LogP contribution in [0.25, 0.3) is 0 Å². The molecule has 4 nitrogen and oxygen atoms in total. The van der Waals surface area contributed by atoms with Crippen molar-refractivity contribution in [2.45, 2.75) is 13.8 Å². The Balaban J connectivity index is -0.0000000171. The first-order chi connectivity index (χ1) is 3.46. The Bertz CT molecular complexity index is 78.1. The Morgan fingerprint density at radius 1 is 0.909 bits per heavy atom. The number of aliphatic carboxylic acids is 2. The molecule has 0 aliphatic heterocycles. The Labute approximate surface area is 116 Å². The number of rotatable bonds is 0. The third kappa shape index (κ3) is 668. The minimum Gasteiger partial charge on any atom is -0.481 e. The first-order valence-electron chi connectivity index (χ1n) is 1.86. The molecular weight excluding hydrogens is 493 g/mol. The van der Waals surface area contributed by atoms with Gasteiger partial charge < -0.3 is 10.2 Å². The molecule has 11 heavy (non-hydrogen) atoms. The quantitative estimate of drug-likeness (QED) is 0.256. The second-order valence-electron chi connectivity index (χ2n) is 1.04. The second-order valence-corrected chi connectivity index (χ2v) is 1.04. The number of carboxylic acid groups (broad SMARTS) is 2. The molecular formula is C4H8I2O4Te+4. The Morgan fingerprint density at radius 2 is 0.909 bits per heavy atom. The Morgan fingerprint density at radius 3 is 0.909 bits per heavy atom. The van der Waals surface area contributed by atoms with Crippen LogP contribution in [0, 0.1) is 0 Å². The summed E-state index contributed by atoms with van der Waals surface area (Å²) in [5.41, 5.74) is 0. The van der Waals surface area contributed by atoms with Gasteiger partial charge in [0.2, 0.25) is 0 Å². The van der Waals surface area contributed by atoms with Crippen LogP contribution in [0.2, 0.25) is 0 Å². The van der Waals surface area contributed by atoms with Crippen molar-refractivity contribution in [2.75, 3.05) is 0 Å². The molecule has 7 heteroatoms. The molecule has 0 saturated carbocycles. The molecule has 0 aromatic heterocycles. The van der Waals surface area contributed by atoms with Gasteiger partial charge in [-0.3, -0.25) is 9.59 Å². The predicted molar refractivity (Wildman–Crippen MR) is 32.4 cm³/mol. The average Bonchev–Trinajstić information content (AvgIpc) is 1.25. The van der Waals surface area contributed by atoms with Crippen molar-refractivity contribution in [3.63, 3.8) is 0 Å². The monoisotopic (exact) mass is 504 g/mol. The van der Waals surface area contributed by atoms with Gasteiger partial charge in [0.1, 0.15) is 0 Å². The summed E-state index contributed by atoms with van der Waals surface area (Å²) >= 11 is 0. The van der Waals surface area contributed by atoms with Crippen molar-refractivity contribution < 1.29 is 67.8 Å². The maximum absolute atomic E-state index is 9.00. The van der Waals surface area contributed by atoms with Gasteiger partial charge in [-0.25, -0.2) is 0 Å². The Hall–Kier alpha value is 1.19. The van der Waals surface area contributed by atoms with Crippen LogP contribution in [0.15, 0.2) is 0 Å². The number of hydrogen-bond acceptors (Lipinski definition) is 2. The second kappa shape index (κ2) is 22.5. The molecule has 64 valence electrons. The fourth-order valence-corrected chi connectivity index (χ4v) is 0. The molecule has 0 aromatic carbocycles. The van der Waals surface area contributed by atoms with E-state index >= 15 is 0 Å². The van der Waals surface area contributed by atoms with Crippen molar-refractivity contribution in [1.82, 2.24) is 0 Å². The third-order valence-corrected chi connectivity index (χ3v) is 0. The van der Waals surface area contributed by atoms with E-state index in [4.69, 9.17) is 19.8 Å². The van der Waals surface area contributed by atoms with Gasteiger partial charge in [-0.2, -0.15) is 0 Å². The van der Waals surface area contributed by atoms with Crippen LogP contribution in [-0.4, -0.2) is 45.8 Å². The minimum atomic E-state index is -0.833. The fraction of sp³-hybridized carbons (Fsp3) is 0.500. The molecule has 0 aliphatic rings. The fourth-order valence-electron chi connectivity index (χ4n) is 0. The molecule has 0 unspecified atom stereocenters. The minimum absolute atomic E-state index is 0. The van der Waals surface area contributed by atoms with Gasteiger partial charge in [-0.15, -0.1) is 0 Å². The first kappa shape index (κ1) is 29.5. The van der Waals surface area contributed by atoms with Crippen molar-refractivity contribution in [3.8, 4) is 0 Å². The van der Waals surface area contributed by atoms with Crippen LogP contribution >= 0.6 is 0 Å². The van der Waals surface area contributed by atoms with E-state index in [1.807, 2.05) is 0 Å². The predicted octanol–water partition coefficient (Wildman–Crippen LogP) is -6.19. The zero-order valence-electron chi connectivity index (χ0n) is 5.88. The summed E-state index contributed by atoms with van der Waals surface area (Å²) in [5.74, 6) is -1.67. The topological polar surface area (TPSA) is 74.6 Å². The molecule has 0 heterocycles. The normalized spacial score (nSPS) is 4.55. The van der Waals surface area contributed by atoms with E-state index in [1.54, 1.807) is 0 Å². The van der Waals surface area contributed by atoms with Crippen molar-refractivity contribution in [1.29, 1.82) is 0 Å². The summed E-state index contributed by atoms with van der Waals surface area (Å²) in [6.45, 7) is 2.17. The van der Waals surface area contributed by atoms with E-state index in [0.717, 1.165) is 13.8 Å². The van der Waals surface area contributed by atoms with Crippen molar-refractivity contribution >= 4 is 35.6 Å². The van der Waals surface area contributed by atoms with Crippen LogP contribution in [0.3, 0.4) is 0 Å². The average molecular weight is 502 g/mol. The van der Waals surface area contributed by atoms with Gasteiger partial charge in [0.25, 0.3) is 11.9 Å². The summed E-state index contributed by atoms with van der Waals surface area (Å²) in [5, 5.41) is 14.8. The van der Waals surface area contributed by atoms with Crippen LogP contribution in [-0.2, 0) is 9.59 Å². The standard InChI is InChI=1S/2C2H4O2.2I.Te/c2*1-2(3)4;;;/h2*1H3,(H,3,4);;;/q;;2*+1;+2. The molecule has 0 atom stereocenters. The number of halogens is 2. The van der Waals surface area contributed by atoms with Crippen molar-refractivity contribution in [3.05, 3.63) is 0 Å². The van der Waals surface area contributed by atoms with Gasteiger partial charge in [0.05, 0.1) is 0 Å². The molecule has 0 rings (SSSR count). The molecule has 8 radical (unpaired) electrons. The summed E-state index contributed by atoms with van der Waals surface area (Å²) in [4.78, 5) is 18.0. The maximum atomic E-state index is 9.00.